The van der Waals surface area contributed by atoms with E-state index in [0.29, 0.717) is 10.7 Å². The van der Waals surface area contributed by atoms with Crippen LogP contribution in [0, 0.1) is 13.8 Å². The normalized spacial score (nSPS) is 19.2. The number of aryl methyl sites for hydroxylation is 2. The van der Waals surface area contributed by atoms with E-state index in [2.05, 4.69) is 16.0 Å². The number of hydrogen-bond donors (Lipinski definition) is 3. The van der Waals surface area contributed by atoms with Gasteiger partial charge >= 0.3 is 0 Å². The highest BCUT2D eigenvalue weighted by molar-refractivity contribution is 8.00. The fourth-order valence-corrected chi connectivity index (χ4v) is 5.33. The summed E-state index contributed by atoms with van der Waals surface area (Å²) < 4.78 is 25.4. The molecule has 0 bridgehead atoms. The van der Waals surface area contributed by atoms with Gasteiger partial charge in [-0.3, -0.25) is 14.9 Å². The van der Waals surface area contributed by atoms with E-state index in [1.165, 1.54) is 36.0 Å². The third-order valence-corrected chi connectivity index (χ3v) is 8.10. The molecule has 2 amide bonds. The summed E-state index contributed by atoms with van der Waals surface area (Å²) in [5.74, 6) is -0.717. The topological polar surface area (TPSA) is 104 Å². The summed E-state index contributed by atoms with van der Waals surface area (Å²) in [6.07, 6.45) is 0. The first-order valence-corrected chi connectivity index (χ1v) is 12.2. The van der Waals surface area contributed by atoms with Crippen LogP contribution in [0.3, 0.4) is 0 Å². The number of benzene rings is 2. The maximum absolute atomic E-state index is 12.7. The smallest absolute Gasteiger partial charge is 0.241 e. The molecule has 2 aromatic rings. The third kappa shape index (κ3) is 5.34. The average Bonchev–Trinajstić information content (AvgIpc) is 2.69. The van der Waals surface area contributed by atoms with Crippen molar-refractivity contribution in [2.24, 2.45) is 0 Å². The number of halogens is 1. The molecule has 2 unspecified atom stereocenters. The van der Waals surface area contributed by atoms with E-state index in [1.807, 2.05) is 32.0 Å². The van der Waals surface area contributed by atoms with Gasteiger partial charge in [0.2, 0.25) is 11.8 Å². The van der Waals surface area contributed by atoms with Crippen molar-refractivity contribution in [3.05, 3.63) is 58.6 Å². The Hall–Kier alpha value is -2.07. The number of nitrogens with one attached hydrogen (secondary N) is 3. The predicted molar refractivity (Wildman–Crippen MR) is 119 cm³/mol. The summed E-state index contributed by atoms with van der Waals surface area (Å²) in [4.78, 5) is 24.7. The Kier molecular flexibility index (Phi) is 7.07. The molecular weight excluding hydrogens is 446 g/mol. The van der Waals surface area contributed by atoms with Crippen molar-refractivity contribution in [1.82, 2.24) is 10.6 Å². The second-order valence-electron chi connectivity index (χ2n) is 6.94. The number of rotatable bonds is 6. The SMILES string of the molecule is Cc1ccc(NC(=O)CSC2NCC(S(=O)(=O)c3ccc(Cl)cc3)C(=O)N2)cc1C. The molecule has 2 atom stereocenters. The van der Waals surface area contributed by atoms with Crippen molar-refractivity contribution in [2.75, 3.05) is 17.6 Å². The van der Waals surface area contributed by atoms with Gasteiger partial charge in [0.05, 0.1) is 10.6 Å². The molecule has 1 saturated heterocycles. The minimum atomic E-state index is -3.85. The second-order valence-corrected chi connectivity index (χ2v) is 10.6. The summed E-state index contributed by atoms with van der Waals surface area (Å²) in [6.45, 7) is 3.91. The van der Waals surface area contributed by atoms with Gasteiger partial charge in [0.25, 0.3) is 0 Å². The van der Waals surface area contributed by atoms with E-state index in [0.717, 1.165) is 11.1 Å². The monoisotopic (exact) mass is 467 g/mol. The van der Waals surface area contributed by atoms with E-state index in [-0.39, 0.29) is 23.1 Å². The second kappa shape index (κ2) is 9.38. The maximum atomic E-state index is 12.7. The van der Waals surface area contributed by atoms with Gasteiger partial charge in [-0.2, -0.15) is 0 Å². The highest BCUT2D eigenvalue weighted by Crippen LogP contribution is 2.22. The number of carbonyl (C=O) groups excluding carboxylic acids is 2. The van der Waals surface area contributed by atoms with Crippen LogP contribution < -0.4 is 16.0 Å². The first-order chi connectivity index (χ1) is 14.2. The lowest BCUT2D eigenvalue weighted by atomic mass is 10.1. The van der Waals surface area contributed by atoms with Gasteiger partial charge in [-0.25, -0.2) is 8.42 Å². The molecule has 7 nitrogen and oxygen atoms in total. The van der Waals surface area contributed by atoms with E-state index < -0.39 is 26.5 Å². The van der Waals surface area contributed by atoms with Gasteiger partial charge in [-0.05, 0) is 61.4 Å². The molecule has 1 aliphatic rings. The fourth-order valence-electron chi connectivity index (χ4n) is 2.89. The Morgan fingerprint density at radius 3 is 2.50 bits per heavy atom. The summed E-state index contributed by atoms with van der Waals surface area (Å²) in [6, 6.07) is 11.3. The molecule has 30 heavy (non-hydrogen) atoms. The van der Waals surface area contributed by atoms with E-state index in [9.17, 15) is 18.0 Å². The molecule has 160 valence electrons. The Balaban J connectivity index is 1.54. The summed E-state index contributed by atoms with van der Waals surface area (Å²) in [7, 11) is -3.85. The predicted octanol–water partition coefficient (Wildman–Crippen LogP) is 2.47. The average molecular weight is 468 g/mol. The van der Waals surface area contributed by atoms with Gasteiger partial charge in [-0.1, -0.05) is 17.7 Å². The Morgan fingerprint density at radius 2 is 1.87 bits per heavy atom. The Morgan fingerprint density at radius 1 is 1.17 bits per heavy atom. The van der Waals surface area contributed by atoms with Crippen molar-refractivity contribution in [3.63, 3.8) is 0 Å². The zero-order chi connectivity index (χ0) is 21.9. The lowest BCUT2D eigenvalue weighted by molar-refractivity contribution is -0.122. The van der Waals surface area contributed by atoms with Crippen molar-refractivity contribution >= 4 is 50.7 Å². The van der Waals surface area contributed by atoms with Crippen molar-refractivity contribution in [1.29, 1.82) is 0 Å². The maximum Gasteiger partial charge on any atom is 0.241 e. The minimum absolute atomic E-state index is 0.0349. The molecule has 2 aromatic carbocycles. The Labute approximate surface area is 184 Å². The van der Waals surface area contributed by atoms with Crippen LogP contribution in [-0.2, 0) is 19.4 Å². The van der Waals surface area contributed by atoms with Gasteiger partial charge in [0.1, 0.15) is 5.50 Å². The van der Waals surface area contributed by atoms with Crippen molar-refractivity contribution in [3.8, 4) is 0 Å². The van der Waals surface area contributed by atoms with E-state index in [1.54, 1.807) is 0 Å². The third-order valence-electron chi connectivity index (χ3n) is 4.74. The van der Waals surface area contributed by atoms with Crippen LogP contribution in [0.1, 0.15) is 11.1 Å². The summed E-state index contributed by atoms with van der Waals surface area (Å²) in [5, 5.41) is 7.56. The van der Waals surface area contributed by atoms with Crippen molar-refractivity contribution in [2.45, 2.75) is 29.5 Å². The molecule has 1 aliphatic heterocycles. The largest absolute Gasteiger partial charge is 0.331 e. The molecule has 10 heteroatoms. The molecule has 0 aliphatic carbocycles. The highest BCUT2D eigenvalue weighted by atomic mass is 35.5. The number of carbonyl (C=O) groups is 2. The molecule has 0 aromatic heterocycles. The molecule has 1 heterocycles. The highest BCUT2D eigenvalue weighted by Gasteiger charge is 2.38. The van der Waals surface area contributed by atoms with Gasteiger partial charge in [0.15, 0.2) is 15.1 Å². The number of hydrogen-bond acceptors (Lipinski definition) is 6. The summed E-state index contributed by atoms with van der Waals surface area (Å²) >= 11 is 6.98. The van der Waals surface area contributed by atoms with Crippen LogP contribution in [0.4, 0.5) is 5.69 Å². The van der Waals surface area contributed by atoms with E-state index in [4.69, 9.17) is 11.6 Å². The fraction of sp³-hybridized carbons (Fsp3) is 0.300. The molecule has 1 fully saturated rings. The first kappa shape index (κ1) is 22.6. The van der Waals surface area contributed by atoms with Crippen LogP contribution in [0.5, 0.6) is 0 Å². The van der Waals surface area contributed by atoms with E-state index >= 15 is 0 Å². The molecule has 0 radical (unpaired) electrons. The standard InChI is InChI=1S/C20H22ClN3O4S2/c1-12-3-6-15(9-13(12)2)23-18(25)11-29-20-22-10-17(19(26)24-20)30(27,28)16-7-4-14(21)5-8-16/h3-9,17,20,22H,10-11H2,1-2H3,(H,23,25)(H,24,26). The quantitative estimate of drug-likeness (QED) is 0.603. The molecule has 0 saturated carbocycles. The number of thioether (sulfide) groups is 1. The summed E-state index contributed by atoms with van der Waals surface area (Å²) in [5.41, 5.74) is 2.37. The number of anilines is 1. The van der Waals surface area contributed by atoms with Crippen molar-refractivity contribution < 1.29 is 18.0 Å². The zero-order valence-corrected chi connectivity index (χ0v) is 18.8. The van der Waals surface area contributed by atoms with Crippen LogP contribution in [-0.4, -0.2) is 43.3 Å². The minimum Gasteiger partial charge on any atom is -0.331 e. The Bertz CT molecular complexity index is 1060. The van der Waals surface area contributed by atoms with Crippen LogP contribution >= 0.6 is 23.4 Å². The van der Waals surface area contributed by atoms with Gasteiger partial charge < -0.3 is 10.6 Å². The molecule has 3 rings (SSSR count). The molecular formula is C20H22ClN3O4S2. The van der Waals surface area contributed by atoms with Gasteiger partial charge in [0, 0.05) is 17.3 Å². The number of amides is 2. The van der Waals surface area contributed by atoms with Crippen LogP contribution in [0.25, 0.3) is 0 Å². The molecule has 0 spiro atoms. The zero-order valence-electron chi connectivity index (χ0n) is 16.4. The molecule has 3 N–H and O–H groups in total. The lowest BCUT2D eigenvalue weighted by Gasteiger charge is -2.29. The first-order valence-electron chi connectivity index (χ1n) is 9.19. The number of sulfone groups is 1. The lowest BCUT2D eigenvalue weighted by Crippen LogP contribution is -2.59. The van der Waals surface area contributed by atoms with Crippen LogP contribution in [0.2, 0.25) is 5.02 Å². The van der Waals surface area contributed by atoms with Gasteiger partial charge in [-0.15, -0.1) is 11.8 Å². The van der Waals surface area contributed by atoms with Crippen LogP contribution in [0.15, 0.2) is 47.4 Å².